The van der Waals surface area contributed by atoms with E-state index in [1.807, 2.05) is 24.9 Å². The summed E-state index contributed by atoms with van der Waals surface area (Å²) < 4.78 is 4.87. The highest BCUT2D eigenvalue weighted by atomic mass is 16.5. The van der Waals surface area contributed by atoms with Gasteiger partial charge in [0.05, 0.1) is 13.2 Å². The summed E-state index contributed by atoms with van der Waals surface area (Å²) in [7, 11) is 3.48. The molecular weight excluding hydrogens is 244 g/mol. The predicted octanol–water partition coefficient (Wildman–Crippen LogP) is 1.15. The Morgan fingerprint density at radius 2 is 2.26 bits per heavy atom. The number of benzene rings is 1. The van der Waals surface area contributed by atoms with Gasteiger partial charge >= 0.3 is 0 Å². The van der Waals surface area contributed by atoms with Gasteiger partial charge in [-0.2, -0.15) is 0 Å². The molecule has 0 bridgehead atoms. The normalized spacial score (nSPS) is 12.4. The molecule has 0 radical (unpaired) electrons. The second-order valence-electron chi connectivity index (χ2n) is 4.53. The van der Waals surface area contributed by atoms with E-state index < -0.39 is 0 Å². The molecule has 1 unspecified atom stereocenters. The number of carbonyl (C=O) groups is 1. The molecule has 1 amide bonds. The summed E-state index contributed by atoms with van der Waals surface area (Å²) in [5.74, 6) is 0.203. The maximum absolute atomic E-state index is 11.7. The fourth-order valence-corrected chi connectivity index (χ4v) is 1.75. The zero-order valence-corrected chi connectivity index (χ0v) is 11.7. The molecule has 1 rings (SSSR count). The van der Waals surface area contributed by atoms with Crippen molar-refractivity contribution in [2.45, 2.75) is 13.0 Å². The number of nitrogens with zero attached hydrogens (tertiary/aromatic N) is 1. The second-order valence-corrected chi connectivity index (χ2v) is 4.53. The fraction of sp³-hybridized carbons (Fsp3) is 0.500. The van der Waals surface area contributed by atoms with E-state index in [1.165, 1.54) is 0 Å². The minimum atomic E-state index is -0.0356. The van der Waals surface area contributed by atoms with Crippen molar-refractivity contribution in [3.8, 4) is 5.75 Å². The van der Waals surface area contributed by atoms with Gasteiger partial charge in [0, 0.05) is 19.7 Å². The summed E-state index contributed by atoms with van der Waals surface area (Å²) in [6.45, 7) is 3.33. The van der Waals surface area contributed by atoms with Crippen molar-refractivity contribution in [1.29, 1.82) is 0 Å². The monoisotopic (exact) mass is 266 g/mol. The number of hydrogen-bond acceptors (Lipinski definition) is 4. The van der Waals surface area contributed by atoms with Gasteiger partial charge < -0.3 is 15.2 Å². The lowest BCUT2D eigenvalue weighted by atomic mass is 10.1. The quantitative estimate of drug-likeness (QED) is 0.727. The second kappa shape index (κ2) is 7.76. The number of likely N-dealkylation sites (N-methyl/N-ethyl adjacent to an activating group) is 1. The largest absolute Gasteiger partial charge is 0.508 e. The number of phenols is 1. The lowest BCUT2D eigenvalue weighted by Crippen LogP contribution is -2.37. The van der Waals surface area contributed by atoms with Crippen LogP contribution < -0.4 is 5.32 Å². The van der Waals surface area contributed by atoms with E-state index in [4.69, 9.17) is 4.74 Å². The first-order valence-corrected chi connectivity index (χ1v) is 6.29. The molecule has 106 valence electrons. The highest BCUT2D eigenvalue weighted by Crippen LogP contribution is 2.21. The molecule has 0 aliphatic heterocycles. The average Bonchev–Trinajstić information content (AvgIpc) is 2.38. The van der Waals surface area contributed by atoms with Crippen LogP contribution >= 0.6 is 0 Å². The van der Waals surface area contributed by atoms with Gasteiger partial charge in [0.2, 0.25) is 5.91 Å². The molecule has 0 spiro atoms. The third kappa shape index (κ3) is 5.28. The Hall–Kier alpha value is -1.59. The van der Waals surface area contributed by atoms with Crippen LogP contribution in [0, 0.1) is 0 Å². The van der Waals surface area contributed by atoms with Crippen molar-refractivity contribution in [3.63, 3.8) is 0 Å². The van der Waals surface area contributed by atoms with Gasteiger partial charge in [0.15, 0.2) is 0 Å². The summed E-state index contributed by atoms with van der Waals surface area (Å²) >= 11 is 0. The molecule has 0 aromatic heterocycles. The number of nitrogens with one attached hydrogen (secondary N) is 1. The highest BCUT2D eigenvalue weighted by molar-refractivity contribution is 5.78. The molecule has 0 aliphatic carbocycles. The minimum absolute atomic E-state index is 0.0356. The summed E-state index contributed by atoms with van der Waals surface area (Å²) in [6.07, 6.45) is 0. The Balaban J connectivity index is 2.48. The van der Waals surface area contributed by atoms with E-state index >= 15 is 0 Å². The number of hydrogen-bond donors (Lipinski definition) is 2. The minimum Gasteiger partial charge on any atom is -0.508 e. The van der Waals surface area contributed by atoms with Gasteiger partial charge in [0.1, 0.15) is 5.75 Å². The van der Waals surface area contributed by atoms with Crippen LogP contribution in [0.1, 0.15) is 18.5 Å². The van der Waals surface area contributed by atoms with Gasteiger partial charge in [-0.15, -0.1) is 0 Å². The van der Waals surface area contributed by atoms with Crippen molar-refractivity contribution in [3.05, 3.63) is 29.8 Å². The summed E-state index contributed by atoms with van der Waals surface area (Å²) in [6, 6.07) is 7.13. The van der Waals surface area contributed by atoms with Crippen molar-refractivity contribution in [2.24, 2.45) is 0 Å². The number of carbonyl (C=O) groups excluding carboxylic acids is 1. The molecule has 1 aromatic rings. The first kappa shape index (κ1) is 15.5. The van der Waals surface area contributed by atoms with Gasteiger partial charge in [-0.25, -0.2) is 0 Å². The number of ether oxygens (including phenoxy) is 1. The Morgan fingerprint density at radius 1 is 1.53 bits per heavy atom. The van der Waals surface area contributed by atoms with E-state index in [2.05, 4.69) is 5.32 Å². The fourth-order valence-electron chi connectivity index (χ4n) is 1.75. The van der Waals surface area contributed by atoms with Crippen LogP contribution in [0.3, 0.4) is 0 Å². The SMILES string of the molecule is COCCNC(=O)CN(C)C(C)c1cccc(O)c1. The molecule has 19 heavy (non-hydrogen) atoms. The number of rotatable bonds is 7. The molecule has 0 saturated carbocycles. The third-order valence-electron chi connectivity index (χ3n) is 3.04. The van der Waals surface area contributed by atoms with Gasteiger partial charge in [-0.05, 0) is 31.7 Å². The summed E-state index contributed by atoms with van der Waals surface area (Å²) in [5, 5.41) is 12.2. The topological polar surface area (TPSA) is 61.8 Å². The molecule has 0 aliphatic rings. The molecule has 0 heterocycles. The first-order valence-electron chi connectivity index (χ1n) is 6.29. The van der Waals surface area contributed by atoms with Gasteiger partial charge in [-0.3, -0.25) is 9.69 Å². The average molecular weight is 266 g/mol. The third-order valence-corrected chi connectivity index (χ3v) is 3.04. The Bertz CT molecular complexity index is 409. The Morgan fingerprint density at radius 3 is 2.89 bits per heavy atom. The maximum Gasteiger partial charge on any atom is 0.234 e. The number of phenolic OH excluding ortho intramolecular Hbond substituents is 1. The Labute approximate surface area is 114 Å². The lowest BCUT2D eigenvalue weighted by molar-refractivity contribution is -0.122. The summed E-state index contributed by atoms with van der Waals surface area (Å²) in [5.41, 5.74) is 0.979. The molecule has 1 atom stereocenters. The molecule has 0 fully saturated rings. The van der Waals surface area contributed by atoms with Crippen LogP contribution in [-0.2, 0) is 9.53 Å². The summed E-state index contributed by atoms with van der Waals surface area (Å²) in [4.78, 5) is 13.6. The standard InChI is InChI=1S/C14H22N2O3/c1-11(12-5-4-6-13(17)9-12)16(2)10-14(18)15-7-8-19-3/h4-6,9,11,17H,7-8,10H2,1-3H3,(H,15,18). The lowest BCUT2D eigenvalue weighted by Gasteiger charge is -2.24. The van der Waals surface area contributed by atoms with Crippen LogP contribution in [0.15, 0.2) is 24.3 Å². The smallest absolute Gasteiger partial charge is 0.234 e. The predicted molar refractivity (Wildman–Crippen MR) is 74.0 cm³/mol. The van der Waals surface area contributed by atoms with E-state index in [0.29, 0.717) is 19.7 Å². The number of amides is 1. The zero-order valence-electron chi connectivity index (χ0n) is 11.7. The molecular formula is C14H22N2O3. The molecule has 2 N–H and O–H groups in total. The van der Waals surface area contributed by atoms with Gasteiger partial charge in [-0.1, -0.05) is 12.1 Å². The van der Waals surface area contributed by atoms with Crippen molar-refractivity contribution in [1.82, 2.24) is 10.2 Å². The van der Waals surface area contributed by atoms with Crippen molar-refractivity contribution >= 4 is 5.91 Å². The van der Waals surface area contributed by atoms with E-state index in [9.17, 15) is 9.90 Å². The first-order chi connectivity index (χ1) is 9.04. The number of methoxy groups -OCH3 is 1. The maximum atomic E-state index is 11.7. The van der Waals surface area contributed by atoms with Crippen LogP contribution in [0.2, 0.25) is 0 Å². The Kier molecular flexibility index (Phi) is 6.32. The van der Waals surface area contributed by atoms with E-state index in [1.54, 1.807) is 25.3 Å². The van der Waals surface area contributed by atoms with Crippen molar-refractivity contribution < 1.29 is 14.6 Å². The number of aromatic hydroxyl groups is 1. The van der Waals surface area contributed by atoms with Crippen LogP contribution in [-0.4, -0.2) is 49.8 Å². The van der Waals surface area contributed by atoms with Crippen LogP contribution in [0.25, 0.3) is 0 Å². The van der Waals surface area contributed by atoms with E-state index in [-0.39, 0.29) is 17.7 Å². The van der Waals surface area contributed by atoms with Gasteiger partial charge in [0.25, 0.3) is 0 Å². The van der Waals surface area contributed by atoms with Crippen LogP contribution in [0.5, 0.6) is 5.75 Å². The van der Waals surface area contributed by atoms with Crippen LogP contribution in [0.4, 0.5) is 0 Å². The molecule has 5 heteroatoms. The molecule has 5 nitrogen and oxygen atoms in total. The molecule has 1 aromatic carbocycles. The van der Waals surface area contributed by atoms with Crippen molar-refractivity contribution in [2.75, 3.05) is 33.9 Å². The van der Waals surface area contributed by atoms with E-state index in [0.717, 1.165) is 5.56 Å². The highest BCUT2D eigenvalue weighted by Gasteiger charge is 2.14. The zero-order chi connectivity index (χ0) is 14.3. The molecule has 0 saturated heterocycles.